The molecule has 0 aromatic heterocycles. The van der Waals surface area contributed by atoms with Crippen LogP contribution < -0.4 is 5.11 Å². The van der Waals surface area contributed by atoms with Crippen LogP contribution in [-0.4, -0.2) is 35.2 Å². The predicted molar refractivity (Wildman–Crippen MR) is 50.9 cm³/mol. The molecule has 1 rings (SSSR count). The van der Waals surface area contributed by atoms with Crippen LogP contribution in [0.25, 0.3) is 0 Å². The lowest BCUT2D eigenvalue weighted by Gasteiger charge is -2.46. The molecule has 86 valence electrons. The molecule has 0 aromatic rings. The lowest BCUT2D eigenvalue weighted by Crippen LogP contribution is -2.63. The Hall–Kier alpha value is -1.26. The van der Waals surface area contributed by atoms with Gasteiger partial charge in [0.25, 0.3) is 0 Å². The summed E-state index contributed by atoms with van der Waals surface area (Å²) in [4.78, 5) is 23.5. The number of nitrogens with zero attached hydrogens (tertiary/aromatic N) is 1. The summed E-state index contributed by atoms with van der Waals surface area (Å²) in [6.07, 6.45) is -0.465. The number of aliphatic carboxylic acids is 1. The van der Waals surface area contributed by atoms with Crippen molar-refractivity contribution in [3.63, 3.8) is 0 Å². The molecule has 0 aromatic carbocycles. The summed E-state index contributed by atoms with van der Waals surface area (Å²) < 4.78 is 5.11. The summed E-state index contributed by atoms with van der Waals surface area (Å²) in [6, 6.07) is -0.343. The van der Waals surface area contributed by atoms with E-state index < -0.39 is 23.6 Å². The normalized spacial score (nSPS) is 25.7. The van der Waals surface area contributed by atoms with E-state index in [0.29, 0.717) is 0 Å². The highest BCUT2D eigenvalue weighted by Gasteiger charge is 2.41. The van der Waals surface area contributed by atoms with Crippen LogP contribution in [0.4, 0.5) is 4.79 Å². The molecule has 2 atom stereocenters. The minimum atomic E-state index is -1.11. The van der Waals surface area contributed by atoms with E-state index in [-0.39, 0.29) is 12.6 Å². The second-order valence-corrected chi connectivity index (χ2v) is 4.80. The third-order valence-corrected chi connectivity index (χ3v) is 2.40. The molecule has 0 saturated carbocycles. The fraction of sp³-hybridized carbons (Fsp3) is 0.800. The van der Waals surface area contributed by atoms with Gasteiger partial charge >= 0.3 is 6.09 Å². The largest absolute Gasteiger partial charge is 0.550 e. The first kappa shape index (κ1) is 11.8. The highest BCUT2D eigenvalue weighted by atomic mass is 16.6. The molecule has 5 heteroatoms. The van der Waals surface area contributed by atoms with Crippen molar-refractivity contribution in [2.75, 3.05) is 6.54 Å². The van der Waals surface area contributed by atoms with Crippen LogP contribution in [0.2, 0.25) is 0 Å². The number of carboxylic acid groups (broad SMARTS) is 1. The zero-order valence-corrected chi connectivity index (χ0v) is 9.44. The predicted octanol–water partition coefficient (Wildman–Crippen LogP) is -0.00830. The molecule has 0 N–H and O–H groups in total. The zero-order chi connectivity index (χ0) is 11.8. The van der Waals surface area contributed by atoms with E-state index in [0.717, 1.165) is 0 Å². The molecule has 1 amide bonds. The van der Waals surface area contributed by atoms with Crippen molar-refractivity contribution in [2.24, 2.45) is 5.92 Å². The number of carboxylic acids is 1. The molecular formula is C10H16NO4-. The van der Waals surface area contributed by atoms with E-state index in [4.69, 9.17) is 4.74 Å². The van der Waals surface area contributed by atoms with Gasteiger partial charge in [-0.1, -0.05) is 0 Å². The number of hydrogen-bond acceptors (Lipinski definition) is 4. The lowest BCUT2D eigenvalue weighted by atomic mass is 9.91. The van der Waals surface area contributed by atoms with E-state index in [1.165, 1.54) is 4.90 Å². The summed E-state index contributed by atoms with van der Waals surface area (Å²) in [5.74, 6) is -1.68. The van der Waals surface area contributed by atoms with E-state index in [9.17, 15) is 14.7 Å². The molecule has 1 saturated heterocycles. The minimum absolute atomic E-state index is 0.179. The van der Waals surface area contributed by atoms with Gasteiger partial charge in [-0.25, -0.2) is 4.79 Å². The van der Waals surface area contributed by atoms with Crippen LogP contribution in [0.5, 0.6) is 0 Å². The Morgan fingerprint density at radius 2 is 1.93 bits per heavy atom. The second kappa shape index (κ2) is 3.72. The average molecular weight is 214 g/mol. The first-order valence-corrected chi connectivity index (χ1v) is 4.93. The van der Waals surface area contributed by atoms with Gasteiger partial charge in [-0.05, 0) is 27.7 Å². The van der Waals surface area contributed by atoms with Gasteiger partial charge in [-0.15, -0.1) is 0 Å². The van der Waals surface area contributed by atoms with E-state index in [1.807, 2.05) is 0 Å². The maximum absolute atomic E-state index is 11.5. The summed E-state index contributed by atoms with van der Waals surface area (Å²) >= 11 is 0. The fourth-order valence-corrected chi connectivity index (χ4v) is 1.44. The summed E-state index contributed by atoms with van der Waals surface area (Å²) in [6.45, 7) is 7.16. The maximum Gasteiger partial charge on any atom is 0.410 e. The molecular weight excluding hydrogens is 198 g/mol. The van der Waals surface area contributed by atoms with Gasteiger partial charge in [0, 0.05) is 24.5 Å². The van der Waals surface area contributed by atoms with Crippen molar-refractivity contribution in [3.8, 4) is 0 Å². The van der Waals surface area contributed by atoms with Crippen molar-refractivity contribution in [3.05, 3.63) is 0 Å². The molecule has 1 fully saturated rings. The Balaban J connectivity index is 2.49. The maximum atomic E-state index is 11.5. The minimum Gasteiger partial charge on any atom is -0.550 e. The van der Waals surface area contributed by atoms with Gasteiger partial charge in [0.1, 0.15) is 5.60 Å². The van der Waals surface area contributed by atoms with Crippen LogP contribution in [0, 0.1) is 5.92 Å². The molecule has 1 aliphatic heterocycles. The SMILES string of the molecule is C[C@@H]1[C@@H](C(=O)[O-])CN1C(=O)OC(C)(C)C. The summed E-state index contributed by atoms with van der Waals surface area (Å²) in [7, 11) is 0. The van der Waals surface area contributed by atoms with Crippen LogP contribution in [0.1, 0.15) is 27.7 Å². The number of hydrogen-bond donors (Lipinski definition) is 0. The topological polar surface area (TPSA) is 69.7 Å². The zero-order valence-electron chi connectivity index (χ0n) is 9.44. The summed E-state index contributed by atoms with van der Waals surface area (Å²) in [5, 5.41) is 10.6. The van der Waals surface area contributed by atoms with Gasteiger partial charge in [-0.2, -0.15) is 0 Å². The highest BCUT2D eigenvalue weighted by molar-refractivity contribution is 5.76. The third kappa shape index (κ3) is 2.61. The number of ether oxygens (including phenoxy) is 1. The second-order valence-electron chi connectivity index (χ2n) is 4.80. The fourth-order valence-electron chi connectivity index (χ4n) is 1.44. The molecule has 0 unspecified atom stereocenters. The lowest BCUT2D eigenvalue weighted by molar-refractivity contribution is -0.317. The smallest absolute Gasteiger partial charge is 0.410 e. The molecule has 15 heavy (non-hydrogen) atoms. The molecule has 0 radical (unpaired) electrons. The van der Waals surface area contributed by atoms with Crippen LogP contribution in [0.15, 0.2) is 0 Å². The number of likely N-dealkylation sites (tertiary alicyclic amines) is 1. The molecule has 1 aliphatic rings. The Labute approximate surface area is 89.0 Å². The van der Waals surface area contributed by atoms with Gasteiger partial charge in [0.05, 0.1) is 0 Å². The summed E-state index contributed by atoms with van der Waals surface area (Å²) in [5.41, 5.74) is -0.552. The van der Waals surface area contributed by atoms with Gasteiger partial charge in [-0.3, -0.25) is 0 Å². The molecule has 1 heterocycles. The van der Waals surface area contributed by atoms with Crippen LogP contribution in [-0.2, 0) is 9.53 Å². The Bertz CT molecular complexity index is 282. The Morgan fingerprint density at radius 1 is 1.40 bits per heavy atom. The number of amides is 1. The van der Waals surface area contributed by atoms with Crippen molar-refractivity contribution in [2.45, 2.75) is 39.3 Å². The van der Waals surface area contributed by atoms with Gasteiger partial charge in [0.15, 0.2) is 0 Å². The monoisotopic (exact) mass is 214 g/mol. The molecule has 0 spiro atoms. The standard InChI is InChI=1S/C10H17NO4/c1-6-7(8(12)13)5-11(6)9(14)15-10(2,3)4/h6-7H,5H2,1-4H3,(H,12,13)/p-1/t6-,7+/m1/s1. The van der Waals surface area contributed by atoms with Crippen LogP contribution >= 0.6 is 0 Å². The average Bonchev–Trinajstić information content (AvgIpc) is 1.97. The van der Waals surface area contributed by atoms with Crippen molar-refractivity contribution in [1.29, 1.82) is 0 Å². The van der Waals surface area contributed by atoms with Crippen molar-refractivity contribution in [1.82, 2.24) is 4.90 Å². The quantitative estimate of drug-likeness (QED) is 0.615. The third-order valence-electron chi connectivity index (χ3n) is 2.40. The van der Waals surface area contributed by atoms with Crippen LogP contribution in [0.3, 0.4) is 0 Å². The van der Waals surface area contributed by atoms with E-state index >= 15 is 0 Å². The molecule has 0 aliphatic carbocycles. The molecule has 0 bridgehead atoms. The first-order chi connectivity index (χ1) is 6.72. The van der Waals surface area contributed by atoms with E-state index in [1.54, 1.807) is 27.7 Å². The number of rotatable bonds is 1. The van der Waals surface area contributed by atoms with Gasteiger partial charge in [0.2, 0.25) is 0 Å². The number of carbonyl (C=O) groups is 2. The van der Waals surface area contributed by atoms with Crippen molar-refractivity contribution >= 4 is 12.1 Å². The Morgan fingerprint density at radius 3 is 2.27 bits per heavy atom. The highest BCUT2D eigenvalue weighted by Crippen LogP contribution is 2.26. The first-order valence-electron chi connectivity index (χ1n) is 4.93. The number of carbonyl (C=O) groups excluding carboxylic acids is 2. The molecule has 5 nitrogen and oxygen atoms in total. The van der Waals surface area contributed by atoms with E-state index in [2.05, 4.69) is 0 Å². The Kier molecular flexibility index (Phi) is 2.93. The van der Waals surface area contributed by atoms with Crippen molar-refractivity contribution < 1.29 is 19.4 Å². The van der Waals surface area contributed by atoms with Gasteiger partial charge < -0.3 is 19.5 Å².